The Morgan fingerprint density at radius 1 is 1.50 bits per heavy atom. The third kappa shape index (κ3) is 3.64. The van der Waals surface area contributed by atoms with E-state index in [1.54, 1.807) is 0 Å². The number of nitrogens with one attached hydrogen (secondary N) is 1. The number of nitrogens with zero attached hydrogens (tertiary/aromatic N) is 1. The smallest absolute Gasteiger partial charge is 0.233 e. The second kappa shape index (κ2) is 4.75. The van der Waals surface area contributed by atoms with Gasteiger partial charge in [0.2, 0.25) is 6.41 Å². The van der Waals surface area contributed by atoms with Gasteiger partial charge in [-0.25, -0.2) is 5.06 Å². The van der Waals surface area contributed by atoms with E-state index in [9.17, 15) is 4.79 Å². The zero-order valence-corrected chi connectivity index (χ0v) is 9.25. The third-order valence-electron chi connectivity index (χ3n) is 2.11. The Hall–Kier alpha value is -0.610. The molecule has 1 saturated heterocycles. The molecule has 0 aliphatic carbocycles. The molecule has 1 aliphatic heterocycles. The molecule has 1 rings (SSSR count). The van der Waals surface area contributed by atoms with Crippen LogP contribution in [0.15, 0.2) is 0 Å². The van der Waals surface area contributed by atoms with Crippen molar-refractivity contribution in [3.63, 3.8) is 0 Å². The fourth-order valence-corrected chi connectivity index (χ4v) is 1.55. The van der Waals surface area contributed by atoms with Crippen molar-refractivity contribution in [2.75, 3.05) is 13.1 Å². The summed E-state index contributed by atoms with van der Waals surface area (Å²) in [5, 5.41) is 4.71. The lowest BCUT2D eigenvalue weighted by Gasteiger charge is -2.35. The van der Waals surface area contributed by atoms with Gasteiger partial charge in [0.15, 0.2) is 0 Å². The van der Waals surface area contributed by atoms with Crippen molar-refractivity contribution >= 4 is 6.41 Å². The summed E-state index contributed by atoms with van der Waals surface area (Å²) < 4.78 is 0. The van der Waals surface area contributed by atoms with Gasteiger partial charge < -0.3 is 5.32 Å². The molecule has 0 aromatic carbocycles. The molecule has 0 spiro atoms. The predicted molar refractivity (Wildman–Crippen MR) is 54.6 cm³/mol. The molecule has 0 unspecified atom stereocenters. The Kier molecular flexibility index (Phi) is 3.89. The van der Waals surface area contributed by atoms with Crippen LogP contribution in [0.4, 0.5) is 0 Å². The van der Waals surface area contributed by atoms with Crippen molar-refractivity contribution in [2.24, 2.45) is 0 Å². The van der Waals surface area contributed by atoms with Gasteiger partial charge in [0.1, 0.15) is 0 Å². The Morgan fingerprint density at radius 3 is 2.64 bits per heavy atom. The molecule has 1 aliphatic rings. The first-order chi connectivity index (χ1) is 6.53. The molecule has 4 nitrogen and oxygen atoms in total. The van der Waals surface area contributed by atoms with Crippen LogP contribution in [0.5, 0.6) is 0 Å². The van der Waals surface area contributed by atoms with Gasteiger partial charge in [-0.15, -0.1) is 0 Å². The average molecular weight is 200 g/mol. The van der Waals surface area contributed by atoms with Crippen molar-refractivity contribution in [3.05, 3.63) is 0 Å². The second-order valence-corrected chi connectivity index (χ2v) is 4.67. The summed E-state index contributed by atoms with van der Waals surface area (Å²) in [4.78, 5) is 16.4. The van der Waals surface area contributed by atoms with Crippen LogP contribution in [0, 0.1) is 0 Å². The van der Waals surface area contributed by atoms with Gasteiger partial charge in [0.25, 0.3) is 0 Å². The van der Waals surface area contributed by atoms with E-state index in [1.165, 1.54) is 5.06 Å². The summed E-state index contributed by atoms with van der Waals surface area (Å²) >= 11 is 0. The van der Waals surface area contributed by atoms with Gasteiger partial charge in [0, 0.05) is 6.54 Å². The number of piperidine rings is 1. The second-order valence-electron chi connectivity index (χ2n) is 4.67. The summed E-state index contributed by atoms with van der Waals surface area (Å²) in [5.41, 5.74) is -0.307. The van der Waals surface area contributed by atoms with Gasteiger partial charge in [-0.3, -0.25) is 9.63 Å². The maximum absolute atomic E-state index is 10.9. The first kappa shape index (κ1) is 11.5. The number of rotatable bonds is 3. The topological polar surface area (TPSA) is 41.6 Å². The molecule has 1 heterocycles. The maximum atomic E-state index is 10.9. The number of carbonyl (C=O) groups is 1. The standard InChI is InChI=1S/C10H20N2O2/c1-10(2,3)14-12(8-13)9-5-4-6-11-7-9/h8-9,11H,4-7H2,1-3H3/t9-/m1/s1. The zero-order valence-electron chi connectivity index (χ0n) is 9.25. The van der Waals surface area contributed by atoms with Crippen LogP contribution < -0.4 is 5.32 Å². The largest absolute Gasteiger partial charge is 0.315 e. The Bertz CT molecular complexity index is 183. The maximum Gasteiger partial charge on any atom is 0.233 e. The summed E-state index contributed by atoms with van der Waals surface area (Å²) in [6, 6.07) is 0.181. The van der Waals surface area contributed by atoms with Crippen LogP contribution >= 0.6 is 0 Å². The van der Waals surface area contributed by atoms with Gasteiger partial charge in [0.05, 0.1) is 11.6 Å². The van der Waals surface area contributed by atoms with E-state index in [0.717, 1.165) is 32.3 Å². The van der Waals surface area contributed by atoms with Crippen LogP contribution in [0.3, 0.4) is 0 Å². The van der Waals surface area contributed by atoms with E-state index in [1.807, 2.05) is 20.8 Å². The lowest BCUT2D eigenvalue weighted by atomic mass is 10.1. The summed E-state index contributed by atoms with van der Waals surface area (Å²) in [5.74, 6) is 0. The van der Waals surface area contributed by atoms with E-state index in [4.69, 9.17) is 4.84 Å². The molecule has 14 heavy (non-hydrogen) atoms. The fraction of sp³-hybridized carbons (Fsp3) is 0.900. The predicted octanol–water partition coefficient (Wildman–Crippen LogP) is 0.927. The van der Waals surface area contributed by atoms with E-state index >= 15 is 0 Å². The van der Waals surface area contributed by atoms with Gasteiger partial charge >= 0.3 is 0 Å². The van der Waals surface area contributed by atoms with E-state index in [0.29, 0.717) is 0 Å². The first-order valence-corrected chi connectivity index (χ1v) is 5.16. The molecule has 1 atom stereocenters. The highest BCUT2D eigenvalue weighted by molar-refractivity contribution is 5.45. The Balaban J connectivity index is 2.47. The van der Waals surface area contributed by atoms with E-state index in [2.05, 4.69) is 5.32 Å². The Morgan fingerprint density at radius 2 is 2.21 bits per heavy atom. The van der Waals surface area contributed by atoms with Crippen LogP contribution in [-0.2, 0) is 9.63 Å². The molecule has 1 N–H and O–H groups in total. The van der Waals surface area contributed by atoms with E-state index in [-0.39, 0.29) is 11.6 Å². The molecule has 0 radical (unpaired) electrons. The molecule has 0 saturated carbocycles. The minimum Gasteiger partial charge on any atom is -0.315 e. The number of carbonyl (C=O) groups excluding carboxylic acids is 1. The van der Waals surface area contributed by atoms with Gasteiger partial charge in [-0.2, -0.15) is 0 Å². The van der Waals surface area contributed by atoms with Crippen molar-refractivity contribution in [1.29, 1.82) is 0 Å². The van der Waals surface area contributed by atoms with Crippen molar-refractivity contribution in [2.45, 2.75) is 45.3 Å². The van der Waals surface area contributed by atoms with Gasteiger partial charge in [-0.1, -0.05) is 0 Å². The molecule has 82 valence electrons. The quantitative estimate of drug-likeness (QED) is 0.544. The molecular weight excluding hydrogens is 180 g/mol. The highest BCUT2D eigenvalue weighted by atomic mass is 16.7. The van der Waals surface area contributed by atoms with Gasteiger partial charge in [-0.05, 0) is 40.2 Å². The Labute approximate surface area is 85.6 Å². The molecule has 1 fully saturated rings. The van der Waals surface area contributed by atoms with Crippen LogP contribution in [0.25, 0.3) is 0 Å². The fourth-order valence-electron chi connectivity index (χ4n) is 1.55. The molecule has 0 aromatic heterocycles. The summed E-state index contributed by atoms with van der Waals surface area (Å²) in [6.07, 6.45) is 2.90. The average Bonchev–Trinajstić information content (AvgIpc) is 2.14. The number of hydrogen-bond acceptors (Lipinski definition) is 3. The third-order valence-corrected chi connectivity index (χ3v) is 2.11. The molecule has 4 heteroatoms. The number of hydroxylamine groups is 2. The first-order valence-electron chi connectivity index (χ1n) is 5.16. The van der Waals surface area contributed by atoms with Crippen LogP contribution in [-0.4, -0.2) is 36.2 Å². The molecule has 0 aromatic rings. The molecule has 0 bridgehead atoms. The summed E-state index contributed by atoms with van der Waals surface area (Å²) in [7, 11) is 0. The van der Waals surface area contributed by atoms with Crippen LogP contribution in [0.2, 0.25) is 0 Å². The SMILES string of the molecule is CC(C)(C)ON(C=O)[C@@H]1CCCNC1. The highest BCUT2D eigenvalue weighted by Gasteiger charge is 2.24. The lowest BCUT2D eigenvalue weighted by Crippen LogP contribution is -2.48. The monoisotopic (exact) mass is 200 g/mol. The van der Waals surface area contributed by atoms with Crippen molar-refractivity contribution in [1.82, 2.24) is 10.4 Å². The van der Waals surface area contributed by atoms with Crippen LogP contribution in [0.1, 0.15) is 33.6 Å². The molecule has 1 amide bonds. The zero-order chi connectivity index (χ0) is 10.6. The minimum atomic E-state index is -0.307. The normalized spacial score (nSPS) is 23.2. The molecular formula is C10H20N2O2. The minimum absolute atomic E-state index is 0.181. The highest BCUT2D eigenvalue weighted by Crippen LogP contribution is 2.15. The lowest BCUT2D eigenvalue weighted by molar-refractivity contribution is -0.233. The van der Waals surface area contributed by atoms with Crippen molar-refractivity contribution in [3.8, 4) is 0 Å². The van der Waals surface area contributed by atoms with Crippen molar-refractivity contribution < 1.29 is 9.63 Å². The number of amides is 1. The number of hydrogen-bond donors (Lipinski definition) is 1. The summed E-state index contributed by atoms with van der Waals surface area (Å²) in [6.45, 7) is 7.70. The van der Waals surface area contributed by atoms with E-state index < -0.39 is 0 Å².